The normalized spacial score (nSPS) is 17.1. The average molecular weight is 497 g/mol. The maximum atomic E-state index is 12.7. The van der Waals surface area contributed by atoms with E-state index in [0.717, 1.165) is 0 Å². The number of benzene rings is 1. The Labute approximate surface area is 195 Å². The molecule has 33 heavy (non-hydrogen) atoms. The fourth-order valence-electron chi connectivity index (χ4n) is 2.71. The quantitative estimate of drug-likeness (QED) is 0.211. The second kappa shape index (κ2) is 9.80. The fraction of sp³-hybridized carbons (Fsp3) is 0.417. The highest BCUT2D eigenvalue weighted by Gasteiger charge is 2.49. The molecule has 1 aromatic carbocycles. The van der Waals surface area contributed by atoms with Gasteiger partial charge in [0.1, 0.15) is 11.9 Å². The molecule has 0 heterocycles. The maximum absolute atomic E-state index is 12.7. The monoisotopic (exact) mass is 496 g/mol. The predicted octanol–water partition coefficient (Wildman–Crippen LogP) is 6.20. The van der Waals surface area contributed by atoms with Crippen molar-refractivity contribution in [3.8, 4) is 24.2 Å². The minimum absolute atomic E-state index is 0.0996. The molecule has 0 N–H and O–H groups in total. The zero-order chi connectivity index (χ0) is 25.1. The van der Waals surface area contributed by atoms with Crippen LogP contribution in [-0.4, -0.2) is 22.2 Å². The van der Waals surface area contributed by atoms with Crippen molar-refractivity contribution in [2.75, 3.05) is 0 Å². The molecule has 1 aliphatic carbocycles. The molecule has 178 valence electrons. The summed E-state index contributed by atoms with van der Waals surface area (Å²) in [4.78, 5) is 0. The van der Waals surface area contributed by atoms with Gasteiger partial charge in [0, 0.05) is 16.7 Å². The summed E-state index contributed by atoms with van der Waals surface area (Å²) in [5.74, 6) is 8.12. The maximum Gasteiger partial charge on any atom is 0.534 e. The molecule has 0 aliphatic heterocycles. The first kappa shape index (κ1) is 26.8. The lowest BCUT2D eigenvalue weighted by atomic mass is 10.0. The summed E-state index contributed by atoms with van der Waals surface area (Å²) in [5.41, 5.74) is -3.89. The van der Waals surface area contributed by atoms with Gasteiger partial charge in [0.25, 0.3) is 0 Å². The summed E-state index contributed by atoms with van der Waals surface area (Å²) in [6.07, 6.45) is 8.31. The molecule has 1 unspecified atom stereocenters. The Balaban J connectivity index is 2.41. The van der Waals surface area contributed by atoms with Gasteiger partial charge in [-0.25, -0.2) is 0 Å². The van der Waals surface area contributed by atoms with Gasteiger partial charge < -0.3 is 8.61 Å². The zero-order valence-electron chi connectivity index (χ0n) is 19.2. The van der Waals surface area contributed by atoms with E-state index in [1.807, 2.05) is 18.2 Å². The second-order valence-corrected chi connectivity index (χ2v) is 15.3. The molecule has 0 saturated heterocycles. The lowest BCUT2D eigenvalue weighted by molar-refractivity contribution is -0.0520. The standard InChI is InChI=1S/C24H27F3O4SSi/c1-7-18-12-8-9-15-20(18)22(31-33(5,6)23(2,3)4)17-11-14-19-13-10-16-21(19)30-32(28,29)24(25,26)27/h1,8-9,12,14-16,22H,10,13H2,2-6H3/b19-14-. The van der Waals surface area contributed by atoms with E-state index in [1.165, 1.54) is 12.2 Å². The summed E-state index contributed by atoms with van der Waals surface area (Å²) in [6.45, 7) is 10.4. The van der Waals surface area contributed by atoms with E-state index in [4.69, 9.17) is 10.8 Å². The first-order chi connectivity index (χ1) is 15.1. The molecule has 0 spiro atoms. The van der Waals surface area contributed by atoms with E-state index in [1.54, 1.807) is 6.07 Å². The smallest absolute Gasteiger partial charge is 0.399 e. The van der Waals surface area contributed by atoms with Crippen LogP contribution in [0.4, 0.5) is 13.2 Å². The third-order valence-electron chi connectivity index (χ3n) is 5.62. The molecule has 0 radical (unpaired) electrons. The third-order valence-corrected chi connectivity index (χ3v) is 11.0. The van der Waals surface area contributed by atoms with Crippen LogP contribution in [0.25, 0.3) is 0 Å². The van der Waals surface area contributed by atoms with Crippen LogP contribution in [-0.2, 0) is 18.7 Å². The minimum Gasteiger partial charge on any atom is -0.399 e. The van der Waals surface area contributed by atoms with Gasteiger partial charge in [-0.1, -0.05) is 56.7 Å². The van der Waals surface area contributed by atoms with Crippen LogP contribution in [0.2, 0.25) is 18.1 Å². The first-order valence-electron chi connectivity index (χ1n) is 10.2. The van der Waals surface area contributed by atoms with Crippen molar-refractivity contribution in [2.24, 2.45) is 0 Å². The summed E-state index contributed by atoms with van der Waals surface area (Å²) >= 11 is 0. The van der Waals surface area contributed by atoms with E-state index in [0.29, 0.717) is 24.0 Å². The van der Waals surface area contributed by atoms with Crippen LogP contribution in [0, 0.1) is 24.2 Å². The van der Waals surface area contributed by atoms with Gasteiger partial charge >= 0.3 is 15.6 Å². The van der Waals surface area contributed by atoms with Gasteiger partial charge in [-0.15, -0.1) is 6.42 Å². The SMILES string of the molecule is C#Cc1ccccc1C(C#C/C=C1/CCC=C1OS(=O)(=O)C(F)(F)F)O[Si](C)(C)C(C)(C)C. The van der Waals surface area contributed by atoms with Crippen LogP contribution < -0.4 is 0 Å². The van der Waals surface area contributed by atoms with E-state index < -0.39 is 30.0 Å². The number of terminal acetylenes is 1. The van der Waals surface area contributed by atoms with Crippen LogP contribution >= 0.6 is 0 Å². The molecule has 9 heteroatoms. The van der Waals surface area contributed by atoms with Crippen LogP contribution in [0.5, 0.6) is 0 Å². The summed E-state index contributed by atoms with van der Waals surface area (Å²) in [7, 11) is -8.01. The number of allylic oxidation sites excluding steroid dienone is 3. The van der Waals surface area contributed by atoms with Gasteiger partial charge in [-0.2, -0.15) is 21.6 Å². The lowest BCUT2D eigenvalue weighted by Crippen LogP contribution is -2.41. The Morgan fingerprint density at radius 1 is 1.18 bits per heavy atom. The van der Waals surface area contributed by atoms with Crippen molar-refractivity contribution in [1.82, 2.24) is 0 Å². The van der Waals surface area contributed by atoms with Crippen LogP contribution in [0.1, 0.15) is 50.8 Å². The second-order valence-electron chi connectivity index (χ2n) is 9.04. The molecule has 0 aromatic heterocycles. The highest BCUT2D eigenvalue weighted by molar-refractivity contribution is 7.87. The van der Waals surface area contributed by atoms with Gasteiger partial charge in [-0.05, 0) is 49.2 Å². The molecule has 2 rings (SSSR count). The van der Waals surface area contributed by atoms with Crippen LogP contribution in [0.3, 0.4) is 0 Å². The number of hydrogen-bond donors (Lipinski definition) is 0. The Bertz CT molecular complexity index is 1160. The van der Waals surface area contributed by atoms with Crippen molar-refractivity contribution < 1.29 is 30.2 Å². The van der Waals surface area contributed by atoms with Gasteiger partial charge in [0.2, 0.25) is 0 Å². The molecule has 0 bridgehead atoms. The van der Waals surface area contributed by atoms with Crippen molar-refractivity contribution in [3.63, 3.8) is 0 Å². The molecule has 0 fully saturated rings. The topological polar surface area (TPSA) is 52.6 Å². The van der Waals surface area contributed by atoms with E-state index in [2.05, 4.69) is 55.8 Å². The molecule has 0 saturated carbocycles. The Kier molecular flexibility index (Phi) is 7.96. The number of alkyl halides is 3. The van der Waals surface area contributed by atoms with Crippen molar-refractivity contribution in [2.45, 2.75) is 63.4 Å². The fourth-order valence-corrected chi connectivity index (χ4v) is 4.35. The van der Waals surface area contributed by atoms with Gasteiger partial charge in [-0.3, -0.25) is 0 Å². The highest BCUT2D eigenvalue weighted by Crippen LogP contribution is 2.40. The van der Waals surface area contributed by atoms with Gasteiger partial charge in [0.15, 0.2) is 8.32 Å². The van der Waals surface area contributed by atoms with E-state index in [9.17, 15) is 21.6 Å². The molecule has 1 atom stereocenters. The van der Waals surface area contributed by atoms with Gasteiger partial charge in [0.05, 0.1) is 0 Å². The minimum atomic E-state index is -5.75. The summed E-state index contributed by atoms with van der Waals surface area (Å²) in [5, 5.41) is -0.0996. The average Bonchev–Trinajstić information content (AvgIpc) is 3.11. The number of rotatable bonds is 5. The largest absolute Gasteiger partial charge is 0.534 e. The number of halogens is 3. The number of hydrogen-bond acceptors (Lipinski definition) is 4. The summed E-state index contributed by atoms with van der Waals surface area (Å²) < 4.78 is 71.5. The molecule has 1 aromatic rings. The highest BCUT2D eigenvalue weighted by atomic mass is 32.2. The Morgan fingerprint density at radius 2 is 1.82 bits per heavy atom. The zero-order valence-corrected chi connectivity index (χ0v) is 21.0. The summed E-state index contributed by atoms with van der Waals surface area (Å²) in [6, 6.07) is 7.25. The van der Waals surface area contributed by atoms with Crippen LogP contribution in [0.15, 0.2) is 47.7 Å². The first-order valence-corrected chi connectivity index (χ1v) is 14.6. The van der Waals surface area contributed by atoms with E-state index in [-0.39, 0.29) is 16.4 Å². The predicted molar refractivity (Wildman–Crippen MR) is 125 cm³/mol. The van der Waals surface area contributed by atoms with Crippen molar-refractivity contribution in [1.29, 1.82) is 0 Å². The molecular formula is C24H27F3O4SSi. The Hall–Kier alpha value is -2.46. The molecular weight excluding hydrogens is 469 g/mol. The van der Waals surface area contributed by atoms with Crippen molar-refractivity contribution >= 4 is 18.4 Å². The molecule has 1 aliphatic rings. The third kappa shape index (κ3) is 6.54. The van der Waals surface area contributed by atoms with E-state index >= 15 is 0 Å². The molecule has 4 nitrogen and oxygen atoms in total. The Morgan fingerprint density at radius 3 is 2.39 bits per heavy atom. The lowest BCUT2D eigenvalue weighted by Gasteiger charge is -2.38. The molecule has 0 amide bonds. The van der Waals surface area contributed by atoms with Crippen molar-refractivity contribution in [3.05, 3.63) is 58.9 Å².